The van der Waals surface area contributed by atoms with Gasteiger partial charge in [0.1, 0.15) is 5.76 Å². The number of nitrogens with zero attached hydrogens (tertiary/aromatic N) is 1. The van der Waals surface area contributed by atoms with Crippen molar-refractivity contribution in [1.82, 2.24) is 5.43 Å². The molecule has 0 aliphatic carbocycles. The molecule has 0 saturated heterocycles. The van der Waals surface area contributed by atoms with Gasteiger partial charge in [0, 0.05) is 0 Å². The van der Waals surface area contributed by atoms with Gasteiger partial charge in [-0.05, 0) is 12.5 Å². The van der Waals surface area contributed by atoms with E-state index in [0.29, 0.717) is 12.2 Å². The summed E-state index contributed by atoms with van der Waals surface area (Å²) in [5, 5.41) is 3.49. The molecule has 4 nitrogen and oxygen atoms in total. The molecule has 1 N–H and O–H groups in total. The molecule has 0 radical (unpaired) electrons. The number of allylic oxidation sites excluding steroid dienone is 2. The van der Waals surface area contributed by atoms with Gasteiger partial charge in [-0.3, -0.25) is 4.79 Å². The van der Waals surface area contributed by atoms with Gasteiger partial charge in [-0.1, -0.05) is 19.9 Å². The van der Waals surface area contributed by atoms with E-state index < -0.39 is 0 Å². The summed E-state index contributed by atoms with van der Waals surface area (Å²) in [6, 6.07) is 0. The minimum Gasteiger partial charge on any atom is -0.464 e. The number of amides is 1. The second kappa shape index (κ2) is 8.52. The molecule has 4 heteroatoms. The Morgan fingerprint density at radius 2 is 2.46 bits per heavy atom. The number of nitrogens with one attached hydrogen (secondary N) is 1. The van der Waals surface area contributed by atoms with Gasteiger partial charge >= 0.3 is 0 Å². The lowest BCUT2D eigenvalue weighted by Gasteiger charge is -1.95. The van der Waals surface area contributed by atoms with Crippen LogP contribution in [0.3, 0.4) is 0 Å². The highest BCUT2D eigenvalue weighted by atomic mass is 16.5. The minimum absolute atomic E-state index is 0.377. The van der Waals surface area contributed by atoms with Gasteiger partial charge in [-0.2, -0.15) is 5.10 Å². The predicted molar refractivity (Wildman–Crippen MR) is 52.0 cm³/mol. The molecular formula is C9H14N2O2. The van der Waals surface area contributed by atoms with E-state index in [9.17, 15) is 4.79 Å². The number of hydrazone groups is 1. The van der Waals surface area contributed by atoms with E-state index in [1.165, 1.54) is 6.21 Å². The van der Waals surface area contributed by atoms with E-state index >= 15 is 0 Å². The monoisotopic (exact) mass is 182 g/mol. The second-order valence-electron chi connectivity index (χ2n) is 2.25. The molecule has 0 aliphatic heterocycles. The molecule has 0 aromatic carbocycles. The Morgan fingerprint density at radius 3 is 3.08 bits per heavy atom. The van der Waals surface area contributed by atoms with Crippen molar-refractivity contribution in [2.45, 2.75) is 19.8 Å². The summed E-state index contributed by atoms with van der Waals surface area (Å²) in [4.78, 5) is 9.78. The summed E-state index contributed by atoms with van der Waals surface area (Å²) < 4.78 is 5.01. The molecule has 0 aliphatic rings. The van der Waals surface area contributed by atoms with Crippen molar-refractivity contribution < 1.29 is 9.53 Å². The Labute approximate surface area is 78.0 Å². The fourth-order valence-electron chi connectivity index (χ4n) is 0.540. The van der Waals surface area contributed by atoms with Crippen molar-refractivity contribution in [3.8, 4) is 0 Å². The van der Waals surface area contributed by atoms with Gasteiger partial charge in [0.2, 0.25) is 6.41 Å². The van der Waals surface area contributed by atoms with Gasteiger partial charge in [0.15, 0.2) is 0 Å². The zero-order chi connectivity index (χ0) is 9.94. The predicted octanol–water partition coefficient (Wildman–Crippen LogP) is 1.56. The van der Waals surface area contributed by atoms with Crippen LogP contribution in [-0.4, -0.2) is 12.6 Å². The normalized spacial score (nSPS) is 10.5. The molecule has 0 aromatic heterocycles. The van der Waals surface area contributed by atoms with Crippen molar-refractivity contribution >= 4 is 12.6 Å². The molecule has 0 heterocycles. The van der Waals surface area contributed by atoms with Gasteiger partial charge in [0.05, 0.1) is 12.5 Å². The van der Waals surface area contributed by atoms with Crippen molar-refractivity contribution in [1.29, 1.82) is 0 Å². The van der Waals surface area contributed by atoms with Gasteiger partial charge in [-0.25, -0.2) is 5.43 Å². The van der Waals surface area contributed by atoms with Crippen LogP contribution in [-0.2, 0) is 9.53 Å². The molecule has 72 valence electrons. The van der Waals surface area contributed by atoms with Crippen molar-refractivity contribution in [3.63, 3.8) is 0 Å². The molecule has 0 spiro atoms. The SMILES string of the molecule is C=C(/C=N/NC=O)O/C=C\CCC. The topological polar surface area (TPSA) is 50.7 Å². The van der Waals surface area contributed by atoms with E-state index in [1.54, 1.807) is 6.26 Å². The summed E-state index contributed by atoms with van der Waals surface area (Å²) in [6.07, 6.45) is 7.29. The van der Waals surface area contributed by atoms with Crippen LogP contribution in [0.25, 0.3) is 0 Å². The van der Waals surface area contributed by atoms with Crippen molar-refractivity contribution in [2.24, 2.45) is 5.10 Å². The highest BCUT2D eigenvalue weighted by Crippen LogP contribution is 1.93. The number of carbonyl (C=O) groups excluding carboxylic acids is 1. The quantitative estimate of drug-likeness (QED) is 0.281. The van der Waals surface area contributed by atoms with Gasteiger partial charge in [-0.15, -0.1) is 0 Å². The maximum Gasteiger partial charge on any atom is 0.227 e. The molecule has 0 atom stereocenters. The average Bonchev–Trinajstić information content (AvgIpc) is 2.13. The molecule has 0 fully saturated rings. The number of rotatable bonds is 7. The lowest BCUT2D eigenvalue weighted by Crippen LogP contribution is -2.01. The molecule has 0 bridgehead atoms. The average molecular weight is 182 g/mol. The molecule has 0 unspecified atom stereocenters. The van der Waals surface area contributed by atoms with Crippen LogP contribution in [0.15, 0.2) is 29.8 Å². The zero-order valence-electron chi connectivity index (χ0n) is 7.69. The standard InChI is InChI=1S/C9H14N2O2/c1-3-4-5-6-13-9(2)7-10-11-8-12/h5-8H,2-4H2,1H3,(H,11,12)/b6-5-,10-7+. The Morgan fingerprint density at radius 1 is 1.69 bits per heavy atom. The van der Waals surface area contributed by atoms with Crippen LogP contribution in [0, 0.1) is 0 Å². The summed E-state index contributed by atoms with van der Waals surface area (Å²) in [5.74, 6) is 0.377. The van der Waals surface area contributed by atoms with E-state index in [2.05, 4.69) is 24.0 Å². The maximum atomic E-state index is 9.78. The second-order valence-corrected chi connectivity index (χ2v) is 2.25. The third-order valence-electron chi connectivity index (χ3n) is 1.11. The van der Waals surface area contributed by atoms with Gasteiger partial charge in [0.25, 0.3) is 0 Å². The Hall–Kier alpha value is -1.58. The van der Waals surface area contributed by atoms with E-state index in [4.69, 9.17) is 4.74 Å². The largest absolute Gasteiger partial charge is 0.464 e. The summed E-state index contributed by atoms with van der Waals surface area (Å²) in [7, 11) is 0. The van der Waals surface area contributed by atoms with Crippen LogP contribution in [0.4, 0.5) is 0 Å². The first-order valence-electron chi connectivity index (χ1n) is 4.04. The third kappa shape index (κ3) is 8.33. The van der Waals surface area contributed by atoms with Crippen LogP contribution in [0.5, 0.6) is 0 Å². The lowest BCUT2D eigenvalue weighted by molar-refractivity contribution is -0.109. The van der Waals surface area contributed by atoms with E-state index in [0.717, 1.165) is 12.8 Å². The van der Waals surface area contributed by atoms with Crippen LogP contribution in [0.2, 0.25) is 0 Å². The van der Waals surface area contributed by atoms with Gasteiger partial charge < -0.3 is 4.74 Å². The first kappa shape index (κ1) is 11.4. The number of hydrogen-bond donors (Lipinski definition) is 1. The molecule has 13 heavy (non-hydrogen) atoms. The van der Waals surface area contributed by atoms with Crippen molar-refractivity contribution in [2.75, 3.05) is 0 Å². The molecular weight excluding hydrogens is 168 g/mol. The summed E-state index contributed by atoms with van der Waals surface area (Å²) in [6.45, 7) is 5.62. The third-order valence-corrected chi connectivity index (χ3v) is 1.11. The molecule has 0 aromatic rings. The van der Waals surface area contributed by atoms with E-state index in [-0.39, 0.29) is 0 Å². The number of unbranched alkanes of at least 4 members (excludes halogenated alkanes) is 1. The number of carbonyl (C=O) groups is 1. The summed E-state index contributed by atoms with van der Waals surface area (Å²) in [5.41, 5.74) is 2.10. The fraction of sp³-hybridized carbons (Fsp3) is 0.333. The van der Waals surface area contributed by atoms with Crippen LogP contribution < -0.4 is 5.43 Å². The minimum atomic E-state index is 0.377. The Kier molecular flexibility index (Phi) is 7.48. The van der Waals surface area contributed by atoms with E-state index in [1.807, 2.05) is 6.08 Å². The maximum absolute atomic E-state index is 9.78. The fourth-order valence-corrected chi connectivity index (χ4v) is 0.540. The zero-order valence-corrected chi connectivity index (χ0v) is 7.69. The smallest absolute Gasteiger partial charge is 0.227 e. The molecule has 0 saturated carbocycles. The lowest BCUT2D eigenvalue weighted by atomic mass is 10.3. The first-order valence-corrected chi connectivity index (χ1v) is 4.04. The Balaban J connectivity index is 3.56. The van der Waals surface area contributed by atoms with Crippen LogP contribution in [0.1, 0.15) is 19.8 Å². The Bertz CT molecular complexity index is 210. The first-order chi connectivity index (χ1) is 6.31. The highest BCUT2D eigenvalue weighted by molar-refractivity contribution is 5.75. The number of ether oxygens (including phenoxy) is 1. The molecule has 0 rings (SSSR count). The van der Waals surface area contributed by atoms with Crippen molar-refractivity contribution in [3.05, 3.63) is 24.7 Å². The highest BCUT2D eigenvalue weighted by Gasteiger charge is 1.83. The number of hydrogen-bond acceptors (Lipinski definition) is 3. The summed E-state index contributed by atoms with van der Waals surface area (Å²) >= 11 is 0. The van der Waals surface area contributed by atoms with Crippen LogP contribution >= 0.6 is 0 Å². The molecule has 1 amide bonds.